The Balaban J connectivity index is 1.94. The summed E-state index contributed by atoms with van der Waals surface area (Å²) in [6, 6.07) is 14.0. The molecule has 0 saturated heterocycles. The first kappa shape index (κ1) is 15.4. The SMILES string of the molecule is Cc1cc(C)cc(NC(N)=NCCc2ccccc2Cl)c1. The third-order valence-corrected chi connectivity index (χ3v) is 3.48. The molecule has 4 heteroatoms. The van der Waals surface area contributed by atoms with Crippen molar-refractivity contribution in [3.63, 3.8) is 0 Å². The number of aliphatic imine (C=N–C) groups is 1. The van der Waals surface area contributed by atoms with Gasteiger partial charge in [-0.1, -0.05) is 35.9 Å². The summed E-state index contributed by atoms with van der Waals surface area (Å²) in [5, 5.41) is 3.89. The molecule has 0 aliphatic heterocycles. The fourth-order valence-corrected chi connectivity index (χ4v) is 2.46. The molecule has 0 amide bonds. The van der Waals surface area contributed by atoms with Crippen LogP contribution in [-0.4, -0.2) is 12.5 Å². The van der Waals surface area contributed by atoms with E-state index in [4.69, 9.17) is 17.3 Å². The highest BCUT2D eigenvalue weighted by atomic mass is 35.5. The summed E-state index contributed by atoms with van der Waals surface area (Å²) in [7, 11) is 0. The van der Waals surface area contributed by atoms with Gasteiger partial charge in [0.05, 0.1) is 0 Å². The number of rotatable bonds is 4. The lowest BCUT2D eigenvalue weighted by Crippen LogP contribution is -2.23. The number of aryl methyl sites for hydroxylation is 2. The van der Waals surface area contributed by atoms with Crippen molar-refractivity contribution < 1.29 is 0 Å². The number of nitrogens with two attached hydrogens (primary N) is 1. The molecule has 3 N–H and O–H groups in total. The Labute approximate surface area is 130 Å². The van der Waals surface area contributed by atoms with Gasteiger partial charge in [0, 0.05) is 17.3 Å². The molecule has 0 bridgehead atoms. The molecule has 0 aliphatic carbocycles. The van der Waals surface area contributed by atoms with Crippen molar-refractivity contribution in [1.82, 2.24) is 0 Å². The second-order valence-corrected chi connectivity index (χ2v) is 5.52. The summed E-state index contributed by atoms with van der Waals surface area (Å²) in [6.45, 7) is 4.72. The molecule has 21 heavy (non-hydrogen) atoms. The number of benzene rings is 2. The van der Waals surface area contributed by atoms with E-state index in [0.717, 1.165) is 22.7 Å². The average Bonchev–Trinajstić information content (AvgIpc) is 2.39. The third-order valence-electron chi connectivity index (χ3n) is 3.12. The van der Waals surface area contributed by atoms with Crippen molar-refractivity contribution in [2.75, 3.05) is 11.9 Å². The first-order chi connectivity index (χ1) is 10.0. The molecule has 110 valence electrons. The van der Waals surface area contributed by atoms with E-state index in [9.17, 15) is 0 Å². The standard InChI is InChI=1S/C17H20ClN3/c1-12-9-13(2)11-15(10-12)21-17(19)20-8-7-14-5-3-4-6-16(14)18/h3-6,9-11H,7-8H2,1-2H3,(H3,19,20,21). The van der Waals surface area contributed by atoms with Crippen LogP contribution in [-0.2, 0) is 6.42 Å². The van der Waals surface area contributed by atoms with Crippen LogP contribution < -0.4 is 11.1 Å². The average molecular weight is 302 g/mol. The van der Waals surface area contributed by atoms with Crippen LogP contribution in [0.3, 0.4) is 0 Å². The van der Waals surface area contributed by atoms with E-state index >= 15 is 0 Å². The zero-order chi connectivity index (χ0) is 15.2. The molecule has 2 rings (SSSR count). The minimum atomic E-state index is 0.423. The number of guanidine groups is 1. The molecule has 0 atom stereocenters. The summed E-state index contributed by atoms with van der Waals surface area (Å²) in [5.74, 6) is 0.423. The van der Waals surface area contributed by atoms with Crippen molar-refractivity contribution in [2.45, 2.75) is 20.3 Å². The quantitative estimate of drug-likeness (QED) is 0.664. The molecule has 0 fully saturated rings. The second-order valence-electron chi connectivity index (χ2n) is 5.11. The van der Waals surface area contributed by atoms with Crippen LogP contribution in [0.4, 0.5) is 5.69 Å². The van der Waals surface area contributed by atoms with E-state index in [-0.39, 0.29) is 0 Å². The van der Waals surface area contributed by atoms with Gasteiger partial charge in [-0.3, -0.25) is 4.99 Å². The van der Waals surface area contributed by atoms with Gasteiger partial charge in [0.25, 0.3) is 0 Å². The van der Waals surface area contributed by atoms with Gasteiger partial charge >= 0.3 is 0 Å². The first-order valence-electron chi connectivity index (χ1n) is 6.93. The molecule has 0 aliphatic rings. The van der Waals surface area contributed by atoms with Crippen LogP contribution in [0.5, 0.6) is 0 Å². The topological polar surface area (TPSA) is 50.4 Å². The highest BCUT2D eigenvalue weighted by Gasteiger charge is 2.00. The molecule has 0 radical (unpaired) electrons. The van der Waals surface area contributed by atoms with Gasteiger partial charge in [0.1, 0.15) is 0 Å². The highest BCUT2D eigenvalue weighted by molar-refractivity contribution is 6.31. The molecule has 0 saturated carbocycles. The lowest BCUT2D eigenvalue weighted by Gasteiger charge is -2.08. The summed E-state index contributed by atoms with van der Waals surface area (Å²) in [5.41, 5.74) is 10.4. The van der Waals surface area contributed by atoms with Crippen molar-refractivity contribution in [3.8, 4) is 0 Å². The number of nitrogens with one attached hydrogen (secondary N) is 1. The van der Waals surface area contributed by atoms with E-state index in [1.54, 1.807) is 0 Å². The summed E-state index contributed by atoms with van der Waals surface area (Å²) >= 11 is 6.11. The van der Waals surface area contributed by atoms with Gasteiger partial charge in [-0.15, -0.1) is 0 Å². The molecular weight excluding hydrogens is 282 g/mol. The van der Waals surface area contributed by atoms with Crippen molar-refractivity contribution in [2.24, 2.45) is 10.7 Å². The van der Waals surface area contributed by atoms with E-state index in [0.29, 0.717) is 12.5 Å². The Hall–Kier alpha value is -2.00. The Bertz CT molecular complexity index is 630. The smallest absolute Gasteiger partial charge is 0.193 e. The van der Waals surface area contributed by atoms with Crippen molar-refractivity contribution in [3.05, 3.63) is 64.2 Å². The highest BCUT2D eigenvalue weighted by Crippen LogP contribution is 2.15. The largest absolute Gasteiger partial charge is 0.370 e. The van der Waals surface area contributed by atoms with E-state index < -0.39 is 0 Å². The zero-order valence-electron chi connectivity index (χ0n) is 12.4. The number of halogens is 1. The van der Waals surface area contributed by atoms with Gasteiger partial charge in [-0.05, 0) is 55.2 Å². The lowest BCUT2D eigenvalue weighted by atomic mass is 10.1. The Morgan fingerprint density at radius 3 is 2.48 bits per heavy atom. The maximum Gasteiger partial charge on any atom is 0.193 e. The van der Waals surface area contributed by atoms with Crippen LogP contribution in [0.25, 0.3) is 0 Å². The normalized spacial score (nSPS) is 11.5. The molecule has 0 unspecified atom stereocenters. The Kier molecular flexibility index (Phi) is 5.23. The van der Waals surface area contributed by atoms with Crippen LogP contribution >= 0.6 is 11.6 Å². The Morgan fingerprint density at radius 2 is 1.81 bits per heavy atom. The van der Waals surface area contributed by atoms with Crippen molar-refractivity contribution >= 4 is 23.2 Å². The molecule has 2 aromatic rings. The van der Waals surface area contributed by atoms with Gasteiger partial charge in [0.15, 0.2) is 5.96 Å². The predicted molar refractivity (Wildman–Crippen MR) is 91.2 cm³/mol. The van der Waals surface area contributed by atoms with Crippen LogP contribution in [0.15, 0.2) is 47.5 Å². The van der Waals surface area contributed by atoms with Crippen LogP contribution in [0.1, 0.15) is 16.7 Å². The van der Waals surface area contributed by atoms with E-state index in [2.05, 4.69) is 30.2 Å². The summed E-state index contributed by atoms with van der Waals surface area (Å²) in [6.07, 6.45) is 0.773. The fourth-order valence-electron chi connectivity index (χ4n) is 2.23. The van der Waals surface area contributed by atoms with Gasteiger partial charge in [-0.25, -0.2) is 0 Å². The molecule has 2 aromatic carbocycles. The third kappa shape index (κ3) is 4.80. The molecule has 0 heterocycles. The number of anilines is 1. The molecule has 0 aromatic heterocycles. The van der Waals surface area contributed by atoms with Crippen molar-refractivity contribution in [1.29, 1.82) is 0 Å². The minimum absolute atomic E-state index is 0.423. The van der Waals surface area contributed by atoms with Crippen LogP contribution in [0.2, 0.25) is 5.02 Å². The number of hydrogen-bond donors (Lipinski definition) is 2. The zero-order valence-corrected chi connectivity index (χ0v) is 13.1. The monoisotopic (exact) mass is 301 g/mol. The van der Waals surface area contributed by atoms with Crippen LogP contribution in [0, 0.1) is 13.8 Å². The van der Waals surface area contributed by atoms with E-state index in [1.807, 2.05) is 36.4 Å². The number of hydrogen-bond acceptors (Lipinski definition) is 1. The second kappa shape index (κ2) is 7.14. The number of nitrogens with zero attached hydrogens (tertiary/aromatic N) is 1. The first-order valence-corrected chi connectivity index (χ1v) is 7.31. The van der Waals surface area contributed by atoms with Gasteiger partial charge in [0.2, 0.25) is 0 Å². The Morgan fingerprint density at radius 1 is 1.14 bits per heavy atom. The molecule has 0 spiro atoms. The predicted octanol–water partition coefficient (Wildman–Crippen LogP) is 3.93. The van der Waals surface area contributed by atoms with E-state index in [1.165, 1.54) is 11.1 Å². The lowest BCUT2D eigenvalue weighted by molar-refractivity contribution is 0.965. The minimum Gasteiger partial charge on any atom is -0.370 e. The fraction of sp³-hybridized carbons (Fsp3) is 0.235. The maximum absolute atomic E-state index is 6.11. The maximum atomic E-state index is 6.11. The van der Waals surface area contributed by atoms with Gasteiger partial charge in [-0.2, -0.15) is 0 Å². The molecular formula is C17H20ClN3. The molecule has 3 nitrogen and oxygen atoms in total. The van der Waals surface area contributed by atoms with Gasteiger partial charge < -0.3 is 11.1 Å². The summed E-state index contributed by atoms with van der Waals surface area (Å²) < 4.78 is 0. The summed E-state index contributed by atoms with van der Waals surface area (Å²) in [4.78, 5) is 4.34.